The van der Waals surface area contributed by atoms with Crippen molar-refractivity contribution in [3.05, 3.63) is 95.5 Å². The summed E-state index contributed by atoms with van der Waals surface area (Å²) in [7, 11) is 0. The number of nitrogens with zero attached hydrogens (tertiary/aromatic N) is 1. The number of aryl methyl sites for hydroxylation is 1. The van der Waals surface area contributed by atoms with Gasteiger partial charge in [-0.25, -0.2) is 0 Å². The summed E-state index contributed by atoms with van der Waals surface area (Å²) in [4.78, 5) is 27.1. The molecule has 174 valence electrons. The highest BCUT2D eigenvalue weighted by atomic mass is 127. The second-order valence-corrected chi connectivity index (χ2v) is 11.0. The van der Waals surface area contributed by atoms with Crippen LogP contribution in [0.2, 0.25) is 0 Å². The Balaban J connectivity index is 1.48. The number of imide groups is 1. The van der Waals surface area contributed by atoms with Crippen molar-refractivity contribution in [2.75, 3.05) is 13.2 Å². The zero-order valence-electron chi connectivity index (χ0n) is 18.3. The van der Waals surface area contributed by atoms with Gasteiger partial charge in [-0.2, -0.15) is 0 Å². The molecule has 0 unspecified atom stereocenters. The molecule has 0 atom stereocenters. The van der Waals surface area contributed by atoms with Gasteiger partial charge < -0.3 is 9.47 Å². The first-order valence-corrected chi connectivity index (χ1v) is 13.5. The summed E-state index contributed by atoms with van der Waals surface area (Å²) in [5, 5.41) is -0.296. The van der Waals surface area contributed by atoms with Crippen LogP contribution in [0.4, 0.5) is 4.79 Å². The van der Waals surface area contributed by atoms with E-state index in [1.807, 2.05) is 73.7 Å². The molecular formula is C26H21I2NO4S. The first-order chi connectivity index (χ1) is 16.4. The number of thioether (sulfide) groups is 1. The van der Waals surface area contributed by atoms with Crippen LogP contribution in [0.25, 0.3) is 6.08 Å². The summed E-state index contributed by atoms with van der Waals surface area (Å²) in [6, 6.07) is 21.5. The highest BCUT2D eigenvalue weighted by Gasteiger charge is 2.35. The molecule has 0 spiro atoms. The van der Waals surface area contributed by atoms with E-state index in [0.717, 1.165) is 35.6 Å². The number of halogens is 2. The van der Waals surface area contributed by atoms with Gasteiger partial charge in [-0.3, -0.25) is 14.5 Å². The maximum absolute atomic E-state index is 13.0. The molecule has 1 aliphatic rings. The SMILES string of the molecule is Cc1ccc(OCCN2C(=O)S/C(=C\c3cc(I)cc(I)c3OCc3ccccc3)C2=O)cc1. The Labute approximate surface area is 230 Å². The van der Waals surface area contributed by atoms with Crippen molar-refractivity contribution >= 4 is 74.2 Å². The van der Waals surface area contributed by atoms with Crippen LogP contribution < -0.4 is 9.47 Å². The lowest BCUT2D eigenvalue weighted by atomic mass is 10.1. The predicted octanol–water partition coefficient (Wildman–Crippen LogP) is 6.90. The van der Waals surface area contributed by atoms with Crippen molar-refractivity contribution in [2.45, 2.75) is 13.5 Å². The van der Waals surface area contributed by atoms with E-state index in [1.54, 1.807) is 6.08 Å². The Morgan fingerprint density at radius 3 is 2.44 bits per heavy atom. The molecule has 3 aromatic rings. The molecular weight excluding hydrogens is 676 g/mol. The van der Waals surface area contributed by atoms with Crippen molar-refractivity contribution in [1.29, 1.82) is 0 Å². The van der Waals surface area contributed by atoms with Gasteiger partial charge >= 0.3 is 0 Å². The molecule has 1 fully saturated rings. The number of carbonyl (C=O) groups is 2. The van der Waals surface area contributed by atoms with Gasteiger partial charge in [0.15, 0.2) is 0 Å². The van der Waals surface area contributed by atoms with E-state index in [1.165, 1.54) is 4.90 Å². The molecule has 4 rings (SSSR count). The maximum Gasteiger partial charge on any atom is 0.293 e. The van der Waals surface area contributed by atoms with Gasteiger partial charge in [-0.15, -0.1) is 0 Å². The second kappa shape index (κ2) is 11.6. The Morgan fingerprint density at radius 1 is 0.971 bits per heavy atom. The summed E-state index contributed by atoms with van der Waals surface area (Å²) in [5.41, 5.74) is 2.96. The van der Waals surface area contributed by atoms with Gasteiger partial charge in [0, 0.05) is 9.13 Å². The minimum absolute atomic E-state index is 0.192. The fourth-order valence-corrected chi connectivity index (χ4v) is 6.19. The summed E-state index contributed by atoms with van der Waals surface area (Å²) < 4.78 is 13.8. The van der Waals surface area contributed by atoms with Crippen molar-refractivity contribution < 1.29 is 19.1 Å². The first-order valence-electron chi connectivity index (χ1n) is 10.5. The standard InChI is InChI=1S/C26H21I2NO4S/c1-17-7-9-21(10-8-17)32-12-11-29-25(30)23(34-26(29)31)14-19-13-20(27)15-22(28)24(19)33-16-18-5-3-2-4-6-18/h2-10,13-15H,11-12,16H2,1H3/b23-14-. The molecule has 0 bridgehead atoms. The van der Waals surface area contributed by atoms with Crippen LogP contribution in [-0.4, -0.2) is 29.2 Å². The van der Waals surface area contributed by atoms with E-state index in [9.17, 15) is 9.59 Å². The Morgan fingerprint density at radius 2 is 1.71 bits per heavy atom. The number of rotatable bonds is 8. The van der Waals surface area contributed by atoms with E-state index in [-0.39, 0.29) is 24.3 Å². The molecule has 5 nitrogen and oxygen atoms in total. The van der Waals surface area contributed by atoms with Crippen LogP contribution in [0.5, 0.6) is 11.5 Å². The lowest BCUT2D eigenvalue weighted by Gasteiger charge is -2.14. The van der Waals surface area contributed by atoms with Crippen LogP contribution in [0, 0.1) is 14.1 Å². The number of amides is 2. The molecule has 1 saturated heterocycles. The van der Waals surface area contributed by atoms with Gasteiger partial charge in [0.05, 0.1) is 15.0 Å². The number of hydrogen-bond acceptors (Lipinski definition) is 5. The zero-order chi connectivity index (χ0) is 24.1. The molecule has 0 aromatic heterocycles. The smallest absolute Gasteiger partial charge is 0.293 e. The molecule has 1 heterocycles. The van der Waals surface area contributed by atoms with Crippen LogP contribution in [-0.2, 0) is 11.4 Å². The number of ether oxygens (including phenoxy) is 2. The van der Waals surface area contributed by atoms with Crippen LogP contribution in [0.15, 0.2) is 71.6 Å². The number of carbonyl (C=O) groups excluding carboxylic acids is 2. The summed E-state index contributed by atoms with van der Waals surface area (Å²) in [5.74, 6) is 1.09. The van der Waals surface area contributed by atoms with Crippen molar-refractivity contribution in [3.63, 3.8) is 0 Å². The Hall–Kier alpha value is -2.05. The Bertz CT molecular complexity index is 1230. The van der Waals surface area contributed by atoms with E-state index >= 15 is 0 Å². The molecule has 34 heavy (non-hydrogen) atoms. The lowest BCUT2D eigenvalue weighted by Crippen LogP contribution is -2.32. The van der Waals surface area contributed by atoms with Crippen molar-refractivity contribution in [1.82, 2.24) is 4.90 Å². The molecule has 1 aliphatic heterocycles. The van der Waals surface area contributed by atoms with E-state index in [4.69, 9.17) is 9.47 Å². The predicted molar refractivity (Wildman–Crippen MR) is 152 cm³/mol. The van der Waals surface area contributed by atoms with Crippen molar-refractivity contribution in [3.8, 4) is 11.5 Å². The molecule has 0 saturated carbocycles. The lowest BCUT2D eigenvalue weighted by molar-refractivity contribution is -0.123. The summed E-state index contributed by atoms with van der Waals surface area (Å²) >= 11 is 5.42. The molecule has 2 amide bonds. The average molecular weight is 697 g/mol. The number of benzene rings is 3. The first kappa shape index (κ1) is 25.1. The second-order valence-electron chi connectivity index (χ2n) is 7.58. The normalized spacial score (nSPS) is 14.7. The van der Waals surface area contributed by atoms with Crippen molar-refractivity contribution in [2.24, 2.45) is 0 Å². The summed E-state index contributed by atoms with van der Waals surface area (Å²) in [6.45, 7) is 2.84. The largest absolute Gasteiger partial charge is 0.492 e. The van der Waals surface area contributed by atoms with Crippen LogP contribution in [0.1, 0.15) is 16.7 Å². The van der Waals surface area contributed by atoms with Gasteiger partial charge in [0.1, 0.15) is 24.7 Å². The number of hydrogen-bond donors (Lipinski definition) is 0. The summed E-state index contributed by atoms with van der Waals surface area (Å²) in [6.07, 6.45) is 1.75. The average Bonchev–Trinajstić information content (AvgIpc) is 3.07. The van der Waals surface area contributed by atoms with Gasteiger partial charge in [0.25, 0.3) is 11.1 Å². The quantitative estimate of drug-likeness (QED) is 0.190. The zero-order valence-corrected chi connectivity index (χ0v) is 23.4. The Kier molecular flexibility index (Phi) is 8.54. The van der Waals surface area contributed by atoms with Gasteiger partial charge in [-0.1, -0.05) is 48.0 Å². The van der Waals surface area contributed by atoms with Gasteiger partial charge in [-0.05, 0) is 99.8 Å². The monoisotopic (exact) mass is 697 g/mol. The third-order valence-corrected chi connectivity index (χ3v) is 7.36. The fraction of sp³-hybridized carbons (Fsp3) is 0.154. The molecule has 0 radical (unpaired) electrons. The fourth-order valence-electron chi connectivity index (χ4n) is 3.29. The molecule has 0 aliphatic carbocycles. The third-order valence-electron chi connectivity index (χ3n) is 5.03. The topological polar surface area (TPSA) is 55.8 Å². The van der Waals surface area contributed by atoms with Crippen LogP contribution >= 0.6 is 56.9 Å². The van der Waals surface area contributed by atoms with E-state index in [2.05, 4.69) is 45.2 Å². The minimum atomic E-state index is -0.314. The highest BCUT2D eigenvalue weighted by molar-refractivity contribution is 14.1. The maximum atomic E-state index is 13.0. The molecule has 3 aromatic carbocycles. The highest BCUT2D eigenvalue weighted by Crippen LogP contribution is 2.36. The van der Waals surface area contributed by atoms with Gasteiger partial charge in [0.2, 0.25) is 0 Å². The van der Waals surface area contributed by atoms with E-state index < -0.39 is 0 Å². The molecule has 0 N–H and O–H groups in total. The molecule has 8 heteroatoms. The minimum Gasteiger partial charge on any atom is -0.492 e. The van der Waals surface area contributed by atoms with Crippen LogP contribution in [0.3, 0.4) is 0 Å². The van der Waals surface area contributed by atoms with E-state index in [0.29, 0.717) is 23.0 Å². The third kappa shape index (κ3) is 6.33.